The van der Waals surface area contributed by atoms with Crippen molar-refractivity contribution in [2.24, 2.45) is 0 Å². The van der Waals surface area contributed by atoms with Crippen LogP contribution in [0.2, 0.25) is 0 Å². The van der Waals surface area contributed by atoms with Gasteiger partial charge in [-0.2, -0.15) is 0 Å². The quantitative estimate of drug-likeness (QED) is 0.495. The van der Waals surface area contributed by atoms with Gasteiger partial charge in [0.05, 0.1) is 19.2 Å². The molecule has 1 aromatic heterocycles. The van der Waals surface area contributed by atoms with Crippen molar-refractivity contribution in [2.75, 3.05) is 25.1 Å². The summed E-state index contributed by atoms with van der Waals surface area (Å²) in [6.07, 6.45) is -0.0973. The SMILES string of the molecule is CCN(Cc1ccc(C(=O)NCCC(=O)O)cc1)c1nc(-c2ccccc2OC)cs1. The lowest BCUT2D eigenvalue weighted by atomic mass is 10.1. The predicted octanol–water partition coefficient (Wildman–Crippen LogP) is 4.05. The number of anilines is 1. The van der Waals surface area contributed by atoms with Gasteiger partial charge in [-0.05, 0) is 36.8 Å². The number of carboxylic acid groups (broad SMARTS) is 1. The molecule has 1 amide bonds. The van der Waals surface area contributed by atoms with Gasteiger partial charge in [-0.25, -0.2) is 4.98 Å². The molecule has 0 fully saturated rings. The monoisotopic (exact) mass is 439 g/mol. The smallest absolute Gasteiger partial charge is 0.305 e. The molecule has 2 aromatic carbocycles. The number of hydrogen-bond donors (Lipinski definition) is 2. The number of rotatable bonds is 10. The first-order valence-corrected chi connectivity index (χ1v) is 10.8. The van der Waals surface area contributed by atoms with Crippen LogP contribution < -0.4 is 15.0 Å². The molecule has 0 saturated heterocycles. The standard InChI is InChI=1S/C23H25N3O4S/c1-3-26(23-25-19(15-31-23)18-6-4-5-7-20(18)30-2)14-16-8-10-17(11-9-16)22(29)24-13-12-21(27)28/h4-11,15H,3,12-14H2,1-2H3,(H,24,29)(H,27,28). The van der Waals surface area contributed by atoms with E-state index in [0.29, 0.717) is 12.1 Å². The molecule has 2 N–H and O–H groups in total. The minimum atomic E-state index is -0.939. The van der Waals surface area contributed by atoms with E-state index >= 15 is 0 Å². The maximum atomic E-state index is 12.1. The van der Waals surface area contributed by atoms with Crippen molar-refractivity contribution in [3.05, 3.63) is 65.0 Å². The van der Waals surface area contributed by atoms with E-state index < -0.39 is 5.97 Å². The van der Waals surface area contributed by atoms with E-state index in [4.69, 9.17) is 14.8 Å². The van der Waals surface area contributed by atoms with E-state index in [-0.39, 0.29) is 18.9 Å². The molecule has 0 unspecified atom stereocenters. The number of ether oxygens (including phenoxy) is 1. The van der Waals surface area contributed by atoms with Gasteiger partial charge in [0, 0.05) is 36.1 Å². The third-order valence-electron chi connectivity index (χ3n) is 4.74. The van der Waals surface area contributed by atoms with Gasteiger partial charge in [0.1, 0.15) is 5.75 Å². The van der Waals surface area contributed by atoms with Crippen LogP contribution in [0, 0.1) is 0 Å². The third-order valence-corrected chi connectivity index (χ3v) is 5.64. The second-order valence-corrected chi connectivity index (χ2v) is 7.66. The molecule has 0 aliphatic heterocycles. The number of methoxy groups -OCH3 is 1. The van der Waals surface area contributed by atoms with Crippen LogP contribution in [-0.4, -0.2) is 42.2 Å². The molecule has 8 heteroatoms. The number of aliphatic carboxylic acids is 1. The lowest BCUT2D eigenvalue weighted by Gasteiger charge is -2.20. The number of aromatic nitrogens is 1. The number of hydrogen-bond acceptors (Lipinski definition) is 6. The fourth-order valence-electron chi connectivity index (χ4n) is 3.07. The van der Waals surface area contributed by atoms with E-state index in [1.807, 2.05) is 41.8 Å². The van der Waals surface area contributed by atoms with Crippen molar-refractivity contribution in [2.45, 2.75) is 19.9 Å². The number of thiazole rings is 1. The molecule has 31 heavy (non-hydrogen) atoms. The molecule has 3 aromatic rings. The first kappa shape index (κ1) is 22.3. The Balaban J connectivity index is 1.67. The third kappa shape index (κ3) is 5.82. The van der Waals surface area contributed by atoms with Crippen LogP contribution >= 0.6 is 11.3 Å². The van der Waals surface area contributed by atoms with E-state index in [1.54, 1.807) is 30.6 Å². The summed E-state index contributed by atoms with van der Waals surface area (Å²) >= 11 is 1.58. The van der Waals surface area contributed by atoms with Crippen molar-refractivity contribution < 1.29 is 19.4 Å². The van der Waals surface area contributed by atoms with Crippen LogP contribution in [0.15, 0.2) is 53.9 Å². The molecule has 0 spiro atoms. The van der Waals surface area contributed by atoms with E-state index in [2.05, 4.69) is 17.1 Å². The van der Waals surface area contributed by atoms with Gasteiger partial charge in [-0.15, -0.1) is 11.3 Å². The Hall–Kier alpha value is -3.39. The molecule has 0 aliphatic rings. The Morgan fingerprint density at radius 3 is 2.58 bits per heavy atom. The van der Waals surface area contributed by atoms with Crippen LogP contribution in [0.4, 0.5) is 5.13 Å². The molecule has 0 radical (unpaired) electrons. The summed E-state index contributed by atoms with van der Waals surface area (Å²) in [6.45, 7) is 3.64. The average Bonchev–Trinajstić information content (AvgIpc) is 3.27. The van der Waals surface area contributed by atoms with Crippen molar-refractivity contribution in [1.29, 1.82) is 0 Å². The topological polar surface area (TPSA) is 91.8 Å². The minimum Gasteiger partial charge on any atom is -0.496 e. The van der Waals surface area contributed by atoms with Gasteiger partial charge in [0.2, 0.25) is 0 Å². The summed E-state index contributed by atoms with van der Waals surface area (Å²) in [5.41, 5.74) is 3.40. The lowest BCUT2D eigenvalue weighted by molar-refractivity contribution is -0.136. The van der Waals surface area contributed by atoms with E-state index in [9.17, 15) is 9.59 Å². The van der Waals surface area contributed by atoms with Gasteiger partial charge >= 0.3 is 5.97 Å². The summed E-state index contributed by atoms with van der Waals surface area (Å²) in [4.78, 5) is 29.6. The first-order chi connectivity index (χ1) is 15.0. The fourth-order valence-corrected chi connectivity index (χ4v) is 3.96. The summed E-state index contributed by atoms with van der Waals surface area (Å²) < 4.78 is 5.45. The highest BCUT2D eigenvalue weighted by molar-refractivity contribution is 7.14. The highest BCUT2D eigenvalue weighted by atomic mass is 32.1. The first-order valence-electron chi connectivity index (χ1n) is 9.94. The summed E-state index contributed by atoms with van der Waals surface area (Å²) in [6, 6.07) is 15.1. The zero-order valence-corrected chi connectivity index (χ0v) is 18.3. The predicted molar refractivity (Wildman–Crippen MR) is 122 cm³/mol. The largest absolute Gasteiger partial charge is 0.496 e. The summed E-state index contributed by atoms with van der Waals surface area (Å²) in [5.74, 6) is -0.424. The molecular formula is C23H25N3O4S. The second-order valence-electron chi connectivity index (χ2n) is 6.83. The molecular weight excluding hydrogens is 414 g/mol. The molecule has 0 saturated carbocycles. The lowest BCUT2D eigenvalue weighted by Crippen LogP contribution is -2.26. The normalized spacial score (nSPS) is 10.5. The molecule has 1 heterocycles. The van der Waals surface area contributed by atoms with Gasteiger partial charge in [-0.1, -0.05) is 24.3 Å². The van der Waals surface area contributed by atoms with Crippen molar-refractivity contribution in [3.8, 4) is 17.0 Å². The number of carbonyl (C=O) groups is 2. The van der Waals surface area contributed by atoms with Crippen LogP contribution in [0.5, 0.6) is 5.75 Å². The Bertz CT molecular complexity index is 1030. The number of amides is 1. The van der Waals surface area contributed by atoms with Gasteiger partial charge in [-0.3, -0.25) is 9.59 Å². The zero-order chi connectivity index (χ0) is 22.2. The molecule has 0 aliphatic carbocycles. The molecule has 3 rings (SSSR count). The summed E-state index contributed by atoms with van der Waals surface area (Å²) in [7, 11) is 1.65. The average molecular weight is 440 g/mol. The molecule has 162 valence electrons. The zero-order valence-electron chi connectivity index (χ0n) is 17.5. The highest BCUT2D eigenvalue weighted by Gasteiger charge is 2.14. The van der Waals surface area contributed by atoms with Gasteiger partial charge in [0.15, 0.2) is 5.13 Å². The number of nitrogens with one attached hydrogen (secondary N) is 1. The Kier molecular flexibility index (Phi) is 7.61. The van der Waals surface area contributed by atoms with E-state index in [1.165, 1.54) is 0 Å². The maximum Gasteiger partial charge on any atom is 0.305 e. The number of benzene rings is 2. The fraction of sp³-hybridized carbons (Fsp3) is 0.261. The molecule has 7 nitrogen and oxygen atoms in total. The molecule has 0 bridgehead atoms. The van der Waals surface area contributed by atoms with Crippen LogP contribution in [0.1, 0.15) is 29.3 Å². The number of para-hydroxylation sites is 1. The maximum absolute atomic E-state index is 12.1. The number of carbonyl (C=O) groups excluding carboxylic acids is 1. The van der Waals surface area contributed by atoms with Crippen molar-refractivity contribution in [1.82, 2.24) is 10.3 Å². The van der Waals surface area contributed by atoms with Crippen LogP contribution in [0.3, 0.4) is 0 Å². The summed E-state index contributed by atoms with van der Waals surface area (Å²) in [5, 5.41) is 14.2. The second kappa shape index (κ2) is 10.6. The Morgan fingerprint density at radius 1 is 1.16 bits per heavy atom. The number of carboxylic acids is 1. The van der Waals surface area contributed by atoms with Crippen LogP contribution in [0.25, 0.3) is 11.3 Å². The van der Waals surface area contributed by atoms with Gasteiger partial charge < -0.3 is 20.1 Å². The number of nitrogens with zero attached hydrogens (tertiary/aromatic N) is 2. The minimum absolute atomic E-state index is 0.0973. The van der Waals surface area contributed by atoms with Crippen LogP contribution in [-0.2, 0) is 11.3 Å². The van der Waals surface area contributed by atoms with Crippen molar-refractivity contribution >= 4 is 28.3 Å². The highest BCUT2D eigenvalue weighted by Crippen LogP contribution is 2.33. The van der Waals surface area contributed by atoms with E-state index in [0.717, 1.165) is 34.2 Å². The molecule has 0 atom stereocenters. The van der Waals surface area contributed by atoms with Crippen molar-refractivity contribution in [3.63, 3.8) is 0 Å². The van der Waals surface area contributed by atoms with Gasteiger partial charge in [0.25, 0.3) is 5.91 Å². The Morgan fingerprint density at radius 2 is 1.90 bits per heavy atom. The Labute approximate surface area is 185 Å².